The van der Waals surface area contributed by atoms with Crippen molar-refractivity contribution in [2.24, 2.45) is 11.8 Å². The predicted octanol–water partition coefficient (Wildman–Crippen LogP) is 3.99. The minimum absolute atomic E-state index is 0.0141. The number of carbonyl (C=O) groups is 2. The van der Waals surface area contributed by atoms with Gasteiger partial charge in [0.05, 0.1) is 18.7 Å². The summed E-state index contributed by atoms with van der Waals surface area (Å²) in [7, 11) is 3.13. The molecule has 2 amide bonds. The first-order valence-electron chi connectivity index (χ1n) is 9.02. The lowest BCUT2D eigenvalue weighted by molar-refractivity contribution is -0.117. The van der Waals surface area contributed by atoms with E-state index >= 15 is 0 Å². The Morgan fingerprint density at radius 1 is 1.18 bits per heavy atom. The zero-order valence-electron chi connectivity index (χ0n) is 16.0. The van der Waals surface area contributed by atoms with Gasteiger partial charge >= 0.3 is 0 Å². The Morgan fingerprint density at radius 2 is 1.93 bits per heavy atom. The van der Waals surface area contributed by atoms with Crippen molar-refractivity contribution in [1.29, 1.82) is 0 Å². The third-order valence-corrected chi connectivity index (χ3v) is 5.37. The van der Waals surface area contributed by atoms with E-state index in [9.17, 15) is 9.59 Å². The standard InChI is InChI=1S/C21H23BrN2O4/c1-12-7-16(12)21(26)24-15-6-4-5-14(10-15)20(25)23-11-13-8-17(22)19(28-3)18(9-13)27-2/h4-6,8-10,12,16H,7,11H2,1-3H3,(H,23,25)(H,24,26). The molecule has 28 heavy (non-hydrogen) atoms. The monoisotopic (exact) mass is 446 g/mol. The fourth-order valence-corrected chi connectivity index (χ4v) is 3.67. The number of hydrogen-bond acceptors (Lipinski definition) is 4. The van der Waals surface area contributed by atoms with E-state index in [-0.39, 0.29) is 17.7 Å². The van der Waals surface area contributed by atoms with Gasteiger partial charge in [-0.15, -0.1) is 0 Å². The summed E-state index contributed by atoms with van der Waals surface area (Å²) >= 11 is 3.45. The van der Waals surface area contributed by atoms with Crippen LogP contribution in [-0.4, -0.2) is 26.0 Å². The van der Waals surface area contributed by atoms with Crippen molar-refractivity contribution in [1.82, 2.24) is 5.32 Å². The molecule has 0 saturated heterocycles. The molecule has 1 fully saturated rings. The molecule has 3 rings (SSSR count). The van der Waals surface area contributed by atoms with Gasteiger partial charge in [0.1, 0.15) is 0 Å². The van der Waals surface area contributed by atoms with Gasteiger partial charge in [-0.05, 0) is 64.2 Å². The number of halogens is 1. The van der Waals surface area contributed by atoms with Crippen LogP contribution in [0.1, 0.15) is 29.3 Å². The quantitative estimate of drug-likeness (QED) is 0.673. The summed E-state index contributed by atoms with van der Waals surface area (Å²) in [4.78, 5) is 24.6. The zero-order valence-corrected chi connectivity index (χ0v) is 17.6. The second-order valence-corrected chi connectivity index (χ2v) is 7.74. The molecule has 2 N–H and O–H groups in total. The Morgan fingerprint density at radius 3 is 2.57 bits per heavy atom. The lowest BCUT2D eigenvalue weighted by atomic mass is 10.1. The van der Waals surface area contributed by atoms with Crippen molar-refractivity contribution in [3.8, 4) is 11.5 Å². The molecule has 0 spiro atoms. The maximum absolute atomic E-state index is 12.5. The number of anilines is 1. The van der Waals surface area contributed by atoms with Crippen LogP contribution in [0.5, 0.6) is 11.5 Å². The van der Waals surface area contributed by atoms with Crippen LogP contribution in [0.3, 0.4) is 0 Å². The summed E-state index contributed by atoms with van der Waals surface area (Å²) in [6.07, 6.45) is 0.924. The number of methoxy groups -OCH3 is 2. The molecule has 2 unspecified atom stereocenters. The van der Waals surface area contributed by atoms with Gasteiger partial charge in [0.25, 0.3) is 5.91 Å². The first-order valence-corrected chi connectivity index (χ1v) is 9.81. The molecule has 0 radical (unpaired) electrons. The third-order valence-electron chi connectivity index (χ3n) is 4.78. The Kier molecular flexibility index (Phi) is 6.24. The van der Waals surface area contributed by atoms with Crippen LogP contribution in [0.4, 0.5) is 5.69 Å². The van der Waals surface area contributed by atoms with E-state index < -0.39 is 0 Å². The SMILES string of the molecule is COc1cc(CNC(=O)c2cccc(NC(=O)C3CC3C)c2)cc(Br)c1OC. The van der Waals surface area contributed by atoms with E-state index in [1.807, 2.05) is 12.1 Å². The highest BCUT2D eigenvalue weighted by atomic mass is 79.9. The number of benzene rings is 2. The minimum atomic E-state index is -0.221. The molecule has 0 bridgehead atoms. The fraction of sp³-hybridized carbons (Fsp3) is 0.333. The number of carbonyl (C=O) groups excluding carboxylic acids is 2. The number of amides is 2. The lowest BCUT2D eigenvalue weighted by Gasteiger charge is -2.13. The van der Waals surface area contributed by atoms with Gasteiger partial charge in [-0.1, -0.05) is 13.0 Å². The Bertz CT molecular complexity index is 900. The molecule has 2 atom stereocenters. The summed E-state index contributed by atoms with van der Waals surface area (Å²) in [6, 6.07) is 10.6. The molecule has 1 saturated carbocycles. The molecular weight excluding hydrogens is 424 g/mol. The van der Waals surface area contributed by atoms with Crippen LogP contribution in [0.15, 0.2) is 40.9 Å². The summed E-state index contributed by atoms with van der Waals surface area (Å²) in [5, 5.41) is 5.77. The van der Waals surface area contributed by atoms with Gasteiger partial charge in [-0.25, -0.2) is 0 Å². The second kappa shape index (κ2) is 8.65. The van der Waals surface area contributed by atoms with Crippen molar-refractivity contribution < 1.29 is 19.1 Å². The van der Waals surface area contributed by atoms with Crippen LogP contribution >= 0.6 is 15.9 Å². The maximum atomic E-state index is 12.5. The van der Waals surface area contributed by atoms with Crippen molar-refractivity contribution in [3.63, 3.8) is 0 Å². The molecule has 0 aliphatic heterocycles. The lowest BCUT2D eigenvalue weighted by Crippen LogP contribution is -2.23. The highest BCUT2D eigenvalue weighted by Gasteiger charge is 2.39. The Labute approximate surface area is 172 Å². The van der Waals surface area contributed by atoms with Crippen LogP contribution in [0.2, 0.25) is 0 Å². The minimum Gasteiger partial charge on any atom is -0.493 e. The van der Waals surface area contributed by atoms with Gasteiger partial charge in [0.2, 0.25) is 5.91 Å². The summed E-state index contributed by atoms with van der Waals surface area (Å²) in [5.74, 6) is 1.50. The molecule has 7 heteroatoms. The number of nitrogens with one attached hydrogen (secondary N) is 2. The molecule has 1 aliphatic carbocycles. The maximum Gasteiger partial charge on any atom is 0.251 e. The number of hydrogen-bond donors (Lipinski definition) is 2. The van der Waals surface area contributed by atoms with Crippen molar-refractivity contribution in [2.45, 2.75) is 19.9 Å². The van der Waals surface area contributed by atoms with Gasteiger partial charge in [-0.3, -0.25) is 9.59 Å². The predicted molar refractivity (Wildman–Crippen MR) is 111 cm³/mol. The average Bonchev–Trinajstić information content (AvgIpc) is 3.42. The van der Waals surface area contributed by atoms with Gasteiger partial charge in [0.15, 0.2) is 11.5 Å². The number of rotatable bonds is 7. The first-order chi connectivity index (χ1) is 13.4. The van der Waals surface area contributed by atoms with Crippen LogP contribution in [-0.2, 0) is 11.3 Å². The molecule has 2 aromatic rings. The molecule has 6 nitrogen and oxygen atoms in total. The van der Waals surface area contributed by atoms with Crippen molar-refractivity contribution in [3.05, 3.63) is 52.0 Å². The van der Waals surface area contributed by atoms with Crippen LogP contribution in [0.25, 0.3) is 0 Å². The summed E-state index contributed by atoms with van der Waals surface area (Å²) in [5.41, 5.74) is 1.98. The highest BCUT2D eigenvalue weighted by molar-refractivity contribution is 9.10. The van der Waals surface area contributed by atoms with Gasteiger partial charge < -0.3 is 20.1 Å². The fourth-order valence-electron chi connectivity index (χ4n) is 3.02. The van der Waals surface area contributed by atoms with E-state index in [0.717, 1.165) is 16.5 Å². The number of ether oxygens (including phenoxy) is 2. The first kappa shape index (κ1) is 20.2. The van der Waals surface area contributed by atoms with Crippen molar-refractivity contribution >= 4 is 33.4 Å². The molecular formula is C21H23BrN2O4. The average molecular weight is 447 g/mol. The van der Waals surface area contributed by atoms with E-state index in [2.05, 4.69) is 33.5 Å². The third kappa shape index (κ3) is 4.65. The zero-order chi connectivity index (χ0) is 20.3. The van der Waals surface area contributed by atoms with Gasteiger partial charge in [0, 0.05) is 23.7 Å². The normalized spacial score (nSPS) is 17.6. The molecule has 0 heterocycles. The highest BCUT2D eigenvalue weighted by Crippen LogP contribution is 2.38. The Balaban J connectivity index is 1.64. The van der Waals surface area contributed by atoms with E-state index in [0.29, 0.717) is 35.2 Å². The summed E-state index contributed by atoms with van der Waals surface area (Å²) < 4.78 is 11.4. The second-order valence-electron chi connectivity index (χ2n) is 6.89. The van der Waals surface area contributed by atoms with Crippen molar-refractivity contribution in [2.75, 3.05) is 19.5 Å². The smallest absolute Gasteiger partial charge is 0.251 e. The molecule has 148 valence electrons. The Hall–Kier alpha value is -2.54. The molecule has 0 aromatic heterocycles. The summed E-state index contributed by atoms with van der Waals surface area (Å²) in [6.45, 7) is 2.38. The van der Waals surface area contributed by atoms with Crippen LogP contribution < -0.4 is 20.1 Å². The topological polar surface area (TPSA) is 76.7 Å². The van der Waals surface area contributed by atoms with E-state index in [4.69, 9.17) is 9.47 Å². The van der Waals surface area contributed by atoms with E-state index in [1.165, 1.54) is 0 Å². The molecule has 1 aliphatic rings. The van der Waals surface area contributed by atoms with Crippen LogP contribution in [0, 0.1) is 11.8 Å². The largest absolute Gasteiger partial charge is 0.493 e. The molecule has 2 aromatic carbocycles. The van der Waals surface area contributed by atoms with E-state index in [1.54, 1.807) is 38.5 Å². The van der Waals surface area contributed by atoms with Gasteiger partial charge in [-0.2, -0.15) is 0 Å².